The minimum atomic E-state index is -1.18. The summed E-state index contributed by atoms with van der Waals surface area (Å²) in [5.74, 6) is -1.83. The molecular formula is C18H15F2N3O2. The second kappa shape index (κ2) is 6.72. The fourth-order valence-corrected chi connectivity index (χ4v) is 2.57. The lowest BCUT2D eigenvalue weighted by molar-refractivity contribution is 0.0697. The number of hydrogen-bond acceptors (Lipinski definition) is 3. The highest BCUT2D eigenvalue weighted by Crippen LogP contribution is 2.29. The number of carboxylic acid groups (broad SMARTS) is 1. The van der Waals surface area contributed by atoms with Gasteiger partial charge in [0.1, 0.15) is 23.5 Å². The Hall–Kier alpha value is -3.22. The lowest BCUT2D eigenvalue weighted by atomic mass is 10.0. The zero-order chi connectivity index (χ0) is 18.0. The van der Waals surface area contributed by atoms with Crippen molar-refractivity contribution in [2.45, 2.75) is 6.04 Å². The Morgan fingerprint density at radius 3 is 2.60 bits per heavy atom. The Balaban J connectivity index is 2.08. The number of rotatable bonds is 5. The van der Waals surface area contributed by atoms with Gasteiger partial charge in [-0.05, 0) is 24.3 Å². The fraction of sp³-hybridized carbons (Fsp3) is 0.111. The molecule has 0 amide bonds. The molecule has 5 nitrogen and oxygen atoms in total. The fourth-order valence-electron chi connectivity index (χ4n) is 2.57. The van der Waals surface area contributed by atoms with Crippen LogP contribution in [0.25, 0.3) is 0 Å². The minimum Gasteiger partial charge on any atom is -0.478 e. The maximum atomic E-state index is 14.3. The van der Waals surface area contributed by atoms with Crippen LogP contribution >= 0.6 is 0 Å². The first-order valence-corrected chi connectivity index (χ1v) is 7.48. The predicted molar refractivity (Wildman–Crippen MR) is 88.4 cm³/mol. The monoisotopic (exact) mass is 343 g/mol. The van der Waals surface area contributed by atoms with E-state index in [1.54, 1.807) is 42.2 Å². The van der Waals surface area contributed by atoms with Gasteiger partial charge in [0, 0.05) is 25.0 Å². The van der Waals surface area contributed by atoms with Crippen molar-refractivity contribution in [2.24, 2.45) is 7.05 Å². The maximum absolute atomic E-state index is 14.3. The summed E-state index contributed by atoms with van der Waals surface area (Å²) in [6.45, 7) is 0. The van der Waals surface area contributed by atoms with Crippen LogP contribution in [0.15, 0.2) is 54.9 Å². The highest BCUT2D eigenvalue weighted by molar-refractivity contribution is 5.88. The number of benzene rings is 2. The molecular weight excluding hydrogens is 328 g/mol. The molecule has 128 valence electrons. The average molecular weight is 343 g/mol. The van der Waals surface area contributed by atoms with Crippen LogP contribution in [0.4, 0.5) is 14.5 Å². The topological polar surface area (TPSA) is 67.2 Å². The third-order valence-corrected chi connectivity index (χ3v) is 3.85. The number of imidazole rings is 1. The molecule has 0 saturated heterocycles. The van der Waals surface area contributed by atoms with E-state index in [0.717, 1.165) is 6.07 Å². The molecule has 0 aliphatic rings. The number of aryl methyl sites for hydroxylation is 1. The number of nitrogens with zero attached hydrogens (tertiary/aromatic N) is 2. The normalized spacial score (nSPS) is 12.0. The van der Waals surface area contributed by atoms with Gasteiger partial charge in [-0.3, -0.25) is 0 Å². The van der Waals surface area contributed by atoms with Crippen LogP contribution in [0, 0.1) is 11.6 Å². The number of hydrogen-bond donors (Lipinski definition) is 2. The maximum Gasteiger partial charge on any atom is 0.335 e. The van der Waals surface area contributed by atoms with Crippen molar-refractivity contribution < 1.29 is 18.7 Å². The Labute approximate surface area is 142 Å². The smallest absolute Gasteiger partial charge is 0.335 e. The summed E-state index contributed by atoms with van der Waals surface area (Å²) in [5, 5.41) is 12.0. The summed E-state index contributed by atoms with van der Waals surface area (Å²) in [7, 11) is 1.74. The summed E-state index contributed by atoms with van der Waals surface area (Å²) in [6, 6.07) is 8.70. The summed E-state index contributed by atoms with van der Waals surface area (Å²) in [5.41, 5.74) is 0.157. The van der Waals surface area contributed by atoms with Crippen LogP contribution in [0.1, 0.15) is 27.8 Å². The second-order valence-corrected chi connectivity index (χ2v) is 5.49. The van der Waals surface area contributed by atoms with Crippen molar-refractivity contribution in [3.8, 4) is 0 Å². The van der Waals surface area contributed by atoms with E-state index in [9.17, 15) is 13.6 Å². The lowest BCUT2D eigenvalue weighted by Gasteiger charge is -2.21. The van der Waals surface area contributed by atoms with Gasteiger partial charge in [0.2, 0.25) is 0 Å². The molecule has 1 atom stereocenters. The van der Waals surface area contributed by atoms with Crippen LogP contribution in [0.5, 0.6) is 0 Å². The standard InChI is InChI=1S/C18H15F2N3O2/c1-23-9-8-21-17(23)16(12-4-2-3-5-13(12)19)22-15-10-11(18(24)25)6-7-14(15)20/h2-10,16,22H,1H3,(H,24,25). The van der Waals surface area contributed by atoms with E-state index >= 15 is 0 Å². The minimum absolute atomic E-state index is 0.0452. The highest BCUT2D eigenvalue weighted by Gasteiger charge is 2.23. The van der Waals surface area contributed by atoms with Gasteiger partial charge in [-0.25, -0.2) is 18.6 Å². The molecule has 1 unspecified atom stereocenters. The first-order valence-electron chi connectivity index (χ1n) is 7.48. The summed E-state index contributed by atoms with van der Waals surface area (Å²) >= 11 is 0. The van der Waals surface area contributed by atoms with Crippen LogP contribution in [0.3, 0.4) is 0 Å². The molecule has 0 spiro atoms. The molecule has 2 N–H and O–H groups in total. The molecule has 2 aromatic carbocycles. The Morgan fingerprint density at radius 2 is 1.96 bits per heavy atom. The van der Waals surface area contributed by atoms with E-state index in [1.807, 2.05) is 0 Å². The number of anilines is 1. The van der Waals surface area contributed by atoms with Gasteiger partial charge in [-0.15, -0.1) is 0 Å². The van der Waals surface area contributed by atoms with E-state index in [2.05, 4.69) is 10.3 Å². The van der Waals surface area contributed by atoms with Gasteiger partial charge < -0.3 is 15.0 Å². The van der Waals surface area contributed by atoms with E-state index in [4.69, 9.17) is 5.11 Å². The molecule has 3 aromatic rings. The van der Waals surface area contributed by atoms with E-state index in [0.29, 0.717) is 5.82 Å². The molecule has 0 bridgehead atoms. The molecule has 7 heteroatoms. The second-order valence-electron chi connectivity index (χ2n) is 5.49. The lowest BCUT2D eigenvalue weighted by Crippen LogP contribution is -2.19. The Kier molecular flexibility index (Phi) is 4.47. The SMILES string of the molecule is Cn1ccnc1C(Nc1cc(C(=O)O)ccc1F)c1ccccc1F. The molecule has 0 aliphatic heterocycles. The molecule has 0 fully saturated rings. The first kappa shape index (κ1) is 16.6. The van der Waals surface area contributed by atoms with Crippen molar-refractivity contribution in [2.75, 3.05) is 5.32 Å². The van der Waals surface area contributed by atoms with E-state index in [1.165, 1.54) is 18.2 Å². The van der Waals surface area contributed by atoms with Crippen molar-refractivity contribution in [1.82, 2.24) is 9.55 Å². The first-order chi connectivity index (χ1) is 12.0. The van der Waals surface area contributed by atoms with Gasteiger partial charge in [-0.2, -0.15) is 0 Å². The average Bonchev–Trinajstić information content (AvgIpc) is 3.00. The van der Waals surface area contributed by atoms with E-state index < -0.39 is 23.6 Å². The van der Waals surface area contributed by atoms with Crippen LogP contribution in [-0.4, -0.2) is 20.6 Å². The van der Waals surface area contributed by atoms with Crippen molar-refractivity contribution in [1.29, 1.82) is 0 Å². The summed E-state index contributed by atoms with van der Waals surface area (Å²) < 4.78 is 30.2. The molecule has 3 rings (SSSR count). The largest absolute Gasteiger partial charge is 0.478 e. The molecule has 0 aliphatic carbocycles. The predicted octanol–water partition coefficient (Wildman–Crippen LogP) is 3.60. The number of carboxylic acids is 1. The number of nitrogens with one attached hydrogen (secondary N) is 1. The van der Waals surface area contributed by atoms with Crippen LogP contribution in [-0.2, 0) is 7.05 Å². The Morgan fingerprint density at radius 1 is 1.20 bits per heavy atom. The van der Waals surface area contributed by atoms with Gasteiger partial charge in [0.25, 0.3) is 0 Å². The number of carbonyl (C=O) groups is 1. The molecule has 0 saturated carbocycles. The number of aromatic carboxylic acids is 1. The van der Waals surface area contributed by atoms with Crippen LogP contribution in [0.2, 0.25) is 0 Å². The summed E-state index contributed by atoms with van der Waals surface area (Å²) in [4.78, 5) is 15.3. The zero-order valence-corrected chi connectivity index (χ0v) is 13.3. The summed E-state index contributed by atoms with van der Waals surface area (Å²) in [6.07, 6.45) is 3.24. The molecule has 1 aromatic heterocycles. The zero-order valence-electron chi connectivity index (χ0n) is 13.3. The van der Waals surface area contributed by atoms with Crippen LogP contribution < -0.4 is 5.32 Å². The highest BCUT2D eigenvalue weighted by atomic mass is 19.1. The van der Waals surface area contributed by atoms with Gasteiger partial charge >= 0.3 is 5.97 Å². The van der Waals surface area contributed by atoms with Crippen molar-refractivity contribution in [3.63, 3.8) is 0 Å². The molecule has 1 heterocycles. The van der Waals surface area contributed by atoms with E-state index in [-0.39, 0.29) is 16.8 Å². The third kappa shape index (κ3) is 3.35. The molecule has 0 radical (unpaired) electrons. The van der Waals surface area contributed by atoms with Gasteiger partial charge in [-0.1, -0.05) is 18.2 Å². The van der Waals surface area contributed by atoms with Gasteiger partial charge in [0.15, 0.2) is 0 Å². The number of aromatic nitrogens is 2. The van der Waals surface area contributed by atoms with Crippen molar-refractivity contribution in [3.05, 3.63) is 83.4 Å². The quantitative estimate of drug-likeness (QED) is 0.743. The van der Waals surface area contributed by atoms with Gasteiger partial charge in [0.05, 0.1) is 11.3 Å². The Bertz CT molecular complexity index is 924. The van der Waals surface area contributed by atoms with Crippen molar-refractivity contribution >= 4 is 11.7 Å². The molecule has 25 heavy (non-hydrogen) atoms. The third-order valence-electron chi connectivity index (χ3n) is 3.85. The number of halogens is 2.